The van der Waals surface area contributed by atoms with Crippen molar-refractivity contribution in [3.05, 3.63) is 48.0 Å². The van der Waals surface area contributed by atoms with Gasteiger partial charge in [-0.25, -0.2) is 4.79 Å². The van der Waals surface area contributed by atoms with E-state index in [-0.39, 0.29) is 6.61 Å². The smallest absolute Gasteiger partial charge is 0.438 e. The molecule has 0 aromatic heterocycles. The maximum absolute atomic E-state index is 10.8. The quantitative estimate of drug-likeness (QED) is 0.392. The molecule has 116 valence electrons. The molecule has 0 unspecified atom stereocenters. The molecule has 4 heteroatoms. The fourth-order valence-corrected chi connectivity index (χ4v) is 1.86. The summed E-state index contributed by atoms with van der Waals surface area (Å²) >= 11 is 0. The van der Waals surface area contributed by atoms with Crippen molar-refractivity contribution in [2.45, 2.75) is 26.4 Å². The van der Waals surface area contributed by atoms with Gasteiger partial charge < -0.3 is 14.2 Å². The number of hydrogen-bond acceptors (Lipinski definition) is 4. The van der Waals surface area contributed by atoms with Crippen molar-refractivity contribution in [1.29, 1.82) is 0 Å². The molecule has 0 fully saturated rings. The summed E-state index contributed by atoms with van der Waals surface area (Å²) in [4.78, 5) is 10.8. The molecule has 0 amide bonds. The number of allylic oxidation sites excluding steroid dienone is 1. The maximum Gasteiger partial charge on any atom is 0.508 e. The van der Waals surface area contributed by atoms with Crippen LogP contribution in [0.5, 0.6) is 0 Å². The highest BCUT2D eigenvalue weighted by Gasteiger charge is 2.03. The zero-order chi connectivity index (χ0) is 15.3. The minimum Gasteiger partial charge on any atom is -0.438 e. The van der Waals surface area contributed by atoms with E-state index in [1.54, 1.807) is 0 Å². The van der Waals surface area contributed by atoms with Crippen LogP contribution in [0.2, 0.25) is 0 Å². The minimum atomic E-state index is -0.654. The molecule has 0 heterocycles. The maximum atomic E-state index is 10.8. The second-order valence-corrected chi connectivity index (χ2v) is 4.69. The average molecular weight is 292 g/mol. The van der Waals surface area contributed by atoms with E-state index in [4.69, 9.17) is 9.47 Å². The lowest BCUT2D eigenvalue weighted by molar-refractivity contribution is 0.0816. The van der Waals surface area contributed by atoms with Gasteiger partial charge in [0.1, 0.15) is 6.61 Å². The van der Waals surface area contributed by atoms with Crippen LogP contribution in [0.25, 0.3) is 0 Å². The van der Waals surface area contributed by atoms with Crippen LogP contribution in [0.4, 0.5) is 4.79 Å². The SMILES string of the molecule is CC[C@@H](/C=C/COC(=O)OC)CCOCc1ccccc1. The third kappa shape index (κ3) is 8.15. The van der Waals surface area contributed by atoms with Gasteiger partial charge >= 0.3 is 6.16 Å². The second-order valence-electron chi connectivity index (χ2n) is 4.69. The molecule has 21 heavy (non-hydrogen) atoms. The zero-order valence-electron chi connectivity index (χ0n) is 12.8. The Morgan fingerprint density at radius 3 is 2.71 bits per heavy atom. The summed E-state index contributed by atoms with van der Waals surface area (Å²) in [5.74, 6) is 0.432. The van der Waals surface area contributed by atoms with E-state index < -0.39 is 6.16 Å². The Labute approximate surface area is 126 Å². The zero-order valence-corrected chi connectivity index (χ0v) is 12.8. The normalized spacial score (nSPS) is 12.3. The number of carbonyl (C=O) groups is 1. The number of benzene rings is 1. The number of hydrogen-bond donors (Lipinski definition) is 0. The highest BCUT2D eigenvalue weighted by molar-refractivity contribution is 5.59. The highest BCUT2D eigenvalue weighted by Crippen LogP contribution is 2.11. The van der Waals surface area contributed by atoms with E-state index in [1.165, 1.54) is 12.7 Å². The Hall–Kier alpha value is -1.81. The first-order valence-corrected chi connectivity index (χ1v) is 7.25. The fraction of sp³-hybridized carbons (Fsp3) is 0.471. The number of rotatable bonds is 9. The van der Waals surface area contributed by atoms with Crippen molar-refractivity contribution in [2.24, 2.45) is 5.92 Å². The molecule has 0 aliphatic heterocycles. The number of carbonyl (C=O) groups excluding carboxylic acids is 1. The van der Waals surface area contributed by atoms with Gasteiger partial charge in [-0.15, -0.1) is 0 Å². The van der Waals surface area contributed by atoms with Crippen molar-refractivity contribution >= 4 is 6.16 Å². The van der Waals surface area contributed by atoms with Gasteiger partial charge in [0.2, 0.25) is 0 Å². The first-order valence-electron chi connectivity index (χ1n) is 7.25. The molecule has 0 aliphatic carbocycles. The summed E-state index contributed by atoms with van der Waals surface area (Å²) in [7, 11) is 1.30. The van der Waals surface area contributed by atoms with Gasteiger partial charge in [0, 0.05) is 6.61 Å². The average Bonchev–Trinajstić information content (AvgIpc) is 2.54. The minimum absolute atomic E-state index is 0.244. The molecule has 0 N–H and O–H groups in total. The molecule has 0 saturated heterocycles. The molecule has 0 saturated carbocycles. The lowest BCUT2D eigenvalue weighted by Crippen LogP contribution is -2.05. The fourth-order valence-electron chi connectivity index (χ4n) is 1.86. The summed E-state index contributed by atoms with van der Waals surface area (Å²) in [6, 6.07) is 10.1. The van der Waals surface area contributed by atoms with Gasteiger partial charge in [-0.2, -0.15) is 0 Å². The van der Waals surface area contributed by atoms with Crippen LogP contribution in [0.1, 0.15) is 25.3 Å². The molecule has 1 aromatic carbocycles. The molecule has 0 bridgehead atoms. The summed E-state index contributed by atoms with van der Waals surface area (Å²) in [6.07, 6.45) is 5.25. The Morgan fingerprint density at radius 1 is 1.29 bits per heavy atom. The predicted octanol–water partition coefficient (Wildman–Crippen LogP) is 3.96. The molecule has 4 nitrogen and oxygen atoms in total. The highest BCUT2D eigenvalue weighted by atomic mass is 16.7. The van der Waals surface area contributed by atoms with Crippen molar-refractivity contribution in [2.75, 3.05) is 20.3 Å². The number of ether oxygens (including phenoxy) is 3. The van der Waals surface area contributed by atoms with Gasteiger partial charge in [0.05, 0.1) is 13.7 Å². The molecule has 1 aromatic rings. The topological polar surface area (TPSA) is 44.8 Å². The molecular weight excluding hydrogens is 268 g/mol. The molecule has 0 radical (unpaired) electrons. The van der Waals surface area contributed by atoms with Gasteiger partial charge in [0.25, 0.3) is 0 Å². The molecule has 0 aliphatic rings. The van der Waals surface area contributed by atoms with Crippen LogP contribution in [0, 0.1) is 5.92 Å². The van der Waals surface area contributed by atoms with Gasteiger partial charge in [0.15, 0.2) is 0 Å². The van der Waals surface area contributed by atoms with Crippen LogP contribution in [-0.2, 0) is 20.8 Å². The Morgan fingerprint density at radius 2 is 2.05 bits per heavy atom. The van der Waals surface area contributed by atoms with Crippen LogP contribution in [-0.4, -0.2) is 26.5 Å². The Bertz CT molecular complexity index is 414. The van der Waals surface area contributed by atoms with Crippen LogP contribution >= 0.6 is 0 Å². The predicted molar refractivity (Wildman–Crippen MR) is 82.0 cm³/mol. The van der Waals surface area contributed by atoms with E-state index in [2.05, 4.69) is 29.9 Å². The van der Waals surface area contributed by atoms with E-state index in [1.807, 2.05) is 24.3 Å². The van der Waals surface area contributed by atoms with E-state index >= 15 is 0 Å². The van der Waals surface area contributed by atoms with Gasteiger partial charge in [-0.3, -0.25) is 0 Å². The number of methoxy groups -OCH3 is 1. The standard InChI is InChI=1S/C17H24O4/c1-3-15(10-7-12-21-17(18)19-2)11-13-20-14-16-8-5-4-6-9-16/h4-10,15H,3,11-14H2,1-2H3/b10-7+/t15-/m0/s1. The molecule has 0 spiro atoms. The van der Waals surface area contributed by atoms with E-state index in [0.717, 1.165) is 19.4 Å². The van der Waals surface area contributed by atoms with E-state index in [0.29, 0.717) is 12.5 Å². The molecule has 1 atom stereocenters. The van der Waals surface area contributed by atoms with E-state index in [9.17, 15) is 4.79 Å². The largest absolute Gasteiger partial charge is 0.508 e. The first-order chi connectivity index (χ1) is 10.3. The molecule has 1 rings (SSSR count). The van der Waals surface area contributed by atoms with Gasteiger partial charge in [-0.05, 0) is 24.3 Å². The second kappa shape index (κ2) is 10.9. The van der Waals surface area contributed by atoms with Crippen molar-refractivity contribution in [3.8, 4) is 0 Å². The van der Waals surface area contributed by atoms with Gasteiger partial charge in [-0.1, -0.05) is 49.4 Å². The molecular formula is C17H24O4. The third-order valence-electron chi connectivity index (χ3n) is 3.14. The monoisotopic (exact) mass is 292 g/mol. The van der Waals surface area contributed by atoms with Crippen LogP contribution in [0.3, 0.4) is 0 Å². The van der Waals surface area contributed by atoms with Crippen molar-refractivity contribution in [1.82, 2.24) is 0 Å². The third-order valence-corrected chi connectivity index (χ3v) is 3.14. The Kier molecular flexibility index (Phi) is 8.96. The summed E-state index contributed by atoms with van der Waals surface area (Å²) in [5, 5.41) is 0. The summed E-state index contributed by atoms with van der Waals surface area (Å²) in [5.41, 5.74) is 1.19. The summed E-state index contributed by atoms with van der Waals surface area (Å²) < 4.78 is 14.9. The van der Waals surface area contributed by atoms with Crippen LogP contribution in [0.15, 0.2) is 42.5 Å². The lowest BCUT2D eigenvalue weighted by atomic mass is 10.0. The summed E-state index contributed by atoms with van der Waals surface area (Å²) in [6.45, 7) is 3.74. The lowest BCUT2D eigenvalue weighted by Gasteiger charge is -2.10. The van der Waals surface area contributed by atoms with Crippen LogP contribution < -0.4 is 0 Å². The van der Waals surface area contributed by atoms with Crippen molar-refractivity contribution < 1.29 is 19.0 Å². The van der Waals surface area contributed by atoms with Crippen molar-refractivity contribution in [3.63, 3.8) is 0 Å². The first kappa shape index (κ1) is 17.2. The Balaban J connectivity index is 2.16.